The van der Waals surface area contributed by atoms with E-state index in [-0.39, 0.29) is 17.7 Å². The van der Waals surface area contributed by atoms with Crippen LogP contribution in [0.3, 0.4) is 0 Å². The molecule has 5 heteroatoms. The Hall–Kier alpha value is -2.53. The Balaban J connectivity index is 1.59. The SMILES string of the molecule is CCN[C@@H](Cc1ccccc1)C(=O)N1CCN(c2ccc(O)cc2)CC1. The van der Waals surface area contributed by atoms with Crippen LogP contribution in [0.1, 0.15) is 12.5 Å². The second kappa shape index (κ2) is 8.72. The summed E-state index contributed by atoms with van der Waals surface area (Å²) in [5.74, 6) is 0.456. The number of nitrogens with zero attached hydrogens (tertiary/aromatic N) is 2. The molecule has 0 saturated carbocycles. The molecule has 2 aromatic carbocycles. The zero-order chi connectivity index (χ0) is 18.4. The fourth-order valence-corrected chi connectivity index (χ4v) is 3.41. The highest BCUT2D eigenvalue weighted by Gasteiger charge is 2.27. The van der Waals surface area contributed by atoms with E-state index in [9.17, 15) is 9.90 Å². The second-order valence-corrected chi connectivity index (χ2v) is 6.63. The average Bonchev–Trinajstić information content (AvgIpc) is 2.69. The second-order valence-electron chi connectivity index (χ2n) is 6.63. The normalized spacial score (nSPS) is 15.7. The number of piperazine rings is 1. The highest BCUT2D eigenvalue weighted by Crippen LogP contribution is 2.20. The molecule has 0 aromatic heterocycles. The van der Waals surface area contributed by atoms with Gasteiger partial charge < -0.3 is 20.2 Å². The predicted molar refractivity (Wildman–Crippen MR) is 105 cm³/mol. The smallest absolute Gasteiger partial charge is 0.240 e. The molecule has 0 radical (unpaired) electrons. The number of amides is 1. The largest absolute Gasteiger partial charge is 0.508 e. The number of carbonyl (C=O) groups excluding carboxylic acids is 1. The molecule has 1 atom stereocenters. The molecule has 138 valence electrons. The van der Waals surface area contributed by atoms with E-state index in [1.807, 2.05) is 42.2 Å². The molecule has 0 aliphatic carbocycles. The maximum atomic E-state index is 13.0. The lowest BCUT2D eigenvalue weighted by Gasteiger charge is -2.37. The first-order valence-corrected chi connectivity index (χ1v) is 9.27. The molecule has 2 N–H and O–H groups in total. The topological polar surface area (TPSA) is 55.8 Å². The molecule has 0 spiro atoms. The van der Waals surface area contributed by atoms with Gasteiger partial charge in [0.2, 0.25) is 5.91 Å². The third-order valence-electron chi connectivity index (χ3n) is 4.84. The minimum atomic E-state index is -0.178. The first-order chi connectivity index (χ1) is 12.7. The molecule has 0 unspecified atom stereocenters. The Bertz CT molecular complexity index is 695. The molecule has 1 amide bonds. The molecule has 3 rings (SSSR count). The number of likely N-dealkylation sites (N-methyl/N-ethyl adjacent to an activating group) is 1. The van der Waals surface area contributed by atoms with Crippen molar-refractivity contribution in [1.29, 1.82) is 0 Å². The number of hydrogen-bond donors (Lipinski definition) is 2. The average molecular weight is 353 g/mol. The molecule has 5 nitrogen and oxygen atoms in total. The molecule has 0 bridgehead atoms. The third kappa shape index (κ3) is 4.55. The van der Waals surface area contributed by atoms with E-state index in [0.717, 1.165) is 38.4 Å². The molecule has 1 saturated heterocycles. The van der Waals surface area contributed by atoms with Gasteiger partial charge in [-0.2, -0.15) is 0 Å². The number of nitrogens with one attached hydrogen (secondary N) is 1. The lowest BCUT2D eigenvalue weighted by atomic mass is 10.0. The number of aromatic hydroxyl groups is 1. The Morgan fingerprint density at radius 3 is 2.31 bits per heavy atom. The minimum Gasteiger partial charge on any atom is -0.508 e. The number of rotatable bonds is 6. The molecular formula is C21H27N3O2. The molecule has 1 heterocycles. The van der Waals surface area contributed by atoms with Gasteiger partial charge in [0.05, 0.1) is 6.04 Å². The van der Waals surface area contributed by atoms with Crippen LogP contribution in [0.25, 0.3) is 0 Å². The quantitative estimate of drug-likeness (QED) is 0.836. The fourth-order valence-electron chi connectivity index (χ4n) is 3.41. The molecule has 1 aliphatic rings. The van der Waals surface area contributed by atoms with Crippen LogP contribution in [0, 0.1) is 0 Å². The van der Waals surface area contributed by atoms with Crippen LogP contribution in [0.4, 0.5) is 5.69 Å². The van der Waals surface area contributed by atoms with Crippen molar-refractivity contribution in [2.45, 2.75) is 19.4 Å². The number of benzene rings is 2. The Labute approximate surface area is 155 Å². The van der Waals surface area contributed by atoms with Crippen LogP contribution in [0.2, 0.25) is 0 Å². The van der Waals surface area contributed by atoms with Crippen molar-refractivity contribution in [3.63, 3.8) is 0 Å². The summed E-state index contributed by atoms with van der Waals surface area (Å²) in [6.45, 7) is 5.86. The zero-order valence-corrected chi connectivity index (χ0v) is 15.3. The van der Waals surface area contributed by atoms with Crippen molar-refractivity contribution >= 4 is 11.6 Å². The van der Waals surface area contributed by atoms with E-state index < -0.39 is 0 Å². The molecule has 26 heavy (non-hydrogen) atoms. The van der Waals surface area contributed by atoms with Gasteiger partial charge >= 0.3 is 0 Å². The van der Waals surface area contributed by atoms with Gasteiger partial charge in [-0.25, -0.2) is 0 Å². The number of anilines is 1. The molecule has 1 aliphatic heterocycles. The van der Waals surface area contributed by atoms with E-state index in [2.05, 4.69) is 22.3 Å². The standard InChI is InChI=1S/C21H27N3O2/c1-2-22-20(16-17-6-4-3-5-7-17)21(26)24-14-12-23(13-15-24)18-8-10-19(25)11-9-18/h3-11,20,22,25H,2,12-16H2,1H3/t20-/m0/s1. The van der Waals surface area contributed by atoms with Crippen LogP contribution in [0.15, 0.2) is 54.6 Å². The van der Waals surface area contributed by atoms with Gasteiger partial charge in [-0.15, -0.1) is 0 Å². The summed E-state index contributed by atoms with van der Waals surface area (Å²) >= 11 is 0. The first kappa shape index (κ1) is 18.3. The minimum absolute atomic E-state index is 0.178. The van der Waals surface area contributed by atoms with Gasteiger partial charge in [0.25, 0.3) is 0 Å². The Morgan fingerprint density at radius 1 is 1.04 bits per heavy atom. The van der Waals surface area contributed by atoms with E-state index in [4.69, 9.17) is 0 Å². The maximum absolute atomic E-state index is 13.0. The van der Waals surface area contributed by atoms with Gasteiger partial charge in [0.15, 0.2) is 0 Å². The van der Waals surface area contributed by atoms with Crippen LogP contribution >= 0.6 is 0 Å². The third-order valence-corrected chi connectivity index (χ3v) is 4.84. The van der Waals surface area contributed by atoms with Crippen molar-refractivity contribution in [2.75, 3.05) is 37.6 Å². The van der Waals surface area contributed by atoms with E-state index in [0.29, 0.717) is 6.42 Å². The van der Waals surface area contributed by atoms with Gasteiger partial charge in [-0.05, 0) is 42.8 Å². The van der Waals surface area contributed by atoms with E-state index in [1.165, 1.54) is 5.56 Å². The van der Waals surface area contributed by atoms with Crippen molar-refractivity contribution < 1.29 is 9.90 Å². The monoisotopic (exact) mass is 353 g/mol. The summed E-state index contributed by atoms with van der Waals surface area (Å²) in [6, 6.07) is 17.2. The van der Waals surface area contributed by atoms with Crippen molar-refractivity contribution in [3.05, 3.63) is 60.2 Å². The lowest BCUT2D eigenvalue weighted by molar-refractivity contribution is -0.133. The zero-order valence-electron chi connectivity index (χ0n) is 15.3. The van der Waals surface area contributed by atoms with Gasteiger partial charge in [0, 0.05) is 31.9 Å². The summed E-state index contributed by atoms with van der Waals surface area (Å²) < 4.78 is 0. The number of phenols is 1. The Morgan fingerprint density at radius 2 is 1.69 bits per heavy atom. The van der Waals surface area contributed by atoms with Gasteiger partial charge in [0.1, 0.15) is 5.75 Å². The molecule has 1 fully saturated rings. The Kier molecular flexibility index (Phi) is 6.12. The van der Waals surface area contributed by atoms with Gasteiger partial charge in [-0.1, -0.05) is 37.3 Å². The summed E-state index contributed by atoms with van der Waals surface area (Å²) in [5, 5.41) is 12.8. The summed E-state index contributed by atoms with van der Waals surface area (Å²) in [7, 11) is 0. The highest BCUT2D eigenvalue weighted by molar-refractivity contribution is 5.82. The number of phenolic OH excluding ortho intramolecular Hbond substituents is 1. The van der Waals surface area contributed by atoms with Crippen LogP contribution < -0.4 is 10.2 Å². The van der Waals surface area contributed by atoms with Crippen molar-refractivity contribution in [1.82, 2.24) is 10.2 Å². The van der Waals surface area contributed by atoms with Crippen molar-refractivity contribution in [2.24, 2.45) is 0 Å². The van der Waals surface area contributed by atoms with Gasteiger partial charge in [-0.3, -0.25) is 4.79 Å². The first-order valence-electron chi connectivity index (χ1n) is 9.27. The maximum Gasteiger partial charge on any atom is 0.240 e. The highest BCUT2D eigenvalue weighted by atomic mass is 16.3. The summed E-state index contributed by atoms with van der Waals surface area (Å²) in [4.78, 5) is 17.2. The van der Waals surface area contributed by atoms with E-state index >= 15 is 0 Å². The van der Waals surface area contributed by atoms with Crippen LogP contribution in [0.5, 0.6) is 5.75 Å². The van der Waals surface area contributed by atoms with Crippen LogP contribution in [-0.4, -0.2) is 54.7 Å². The predicted octanol–water partition coefficient (Wildman–Crippen LogP) is 2.26. The molecular weight excluding hydrogens is 326 g/mol. The number of hydrogen-bond acceptors (Lipinski definition) is 4. The number of carbonyl (C=O) groups is 1. The van der Waals surface area contributed by atoms with Crippen LogP contribution in [-0.2, 0) is 11.2 Å². The summed E-state index contributed by atoms with van der Waals surface area (Å²) in [6.07, 6.45) is 0.714. The lowest BCUT2D eigenvalue weighted by Crippen LogP contribution is -2.54. The van der Waals surface area contributed by atoms with Crippen molar-refractivity contribution in [3.8, 4) is 5.75 Å². The van der Waals surface area contributed by atoms with E-state index in [1.54, 1.807) is 12.1 Å². The summed E-state index contributed by atoms with van der Waals surface area (Å²) in [5.41, 5.74) is 2.26. The fraction of sp³-hybridized carbons (Fsp3) is 0.381. The molecule has 2 aromatic rings.